The molecule has 0 unspecified atom stereocenters. The van der Waals surface area contributed by atoms with Crippen molar-refractivity contribution >= 4 is 28.7 Å². The van der Waals surface area contributed by atoms with E-state index in [0.29, 0.717) is 28.8 Å². The Bertz CT molecular complexity index is 702. The average molecular weight is 272 g/mol. The molecule has 0 amide bonds. The van der Waals surface area contributed by atoms with E-state index in [4.69, 9.17) is 11.6 Å². The molecule has 0 aliphatic carbocycles. The number of nitrogens with zero attached hydrogens (tertiary/aromatic N) is 4. The second kappa shape index (κ2) is 5.16. The fourth-order valence-electron chi connectivity index (χ4n) is 1.69. The third kappa shape index (κ3) is 2.61. The van der Waals surface area contributed by atoms with Gasteiger partial charge in [0.25, 0.3) is 0 Å². The van der Waals surface area contributed by atoms with Crippen molar-refractivity contribution in [3.63, 3.8) is 0 Å². The molecule has 0 spiro atoms. The molecule has 2 heterocycles. The van der Waals surface area contributed by atoms with Crippen LogP contribution < -0.4 is 5.32 Å². The van der Waals surface area contributed by atoms with Gasteiger partial charge in [-0.15, -0.1) is 0 Å². The summed E-state index contributed by atoms with van der Waals surface area (Å²) in [5.41, 5.74) is 2.13. The van der Waals surface area contributed by atoms with E-state index in [1.807, 2.05) is 30.3 Å². The monoisotopic (exact) mass is 271 g/mol. The molecule has 94 valence electrons. The molecule has 3 aromatic rings. The number of anilines is 1. The SMILES string of the molecule is Clc1nc(NCc2ccccc2)nc2nccnc12. The third-order valence-corrected chi connectivity index (χ3v) is 2.85. The minimum Gasteiger partial charge on any atom is -0.350 e. The standard InChI is InChI=1S/C13H10ClN5/c14-11-10-12(16-7-6-15-10)19-13(18-11)17-8-9-4-2-1-3-5-9/h1-7H,8H2,(H,16,17,18,19). The van der Waals surface area contributed by atoms with E-state index in [1.54, 1.807) is 12.4 Å². The number of fused-ring (bicyclic) bond motifs is 1. The number of hydrogen-bond acceptors (Lipinski definition) is 5. The van der Waals surface area contributed by atoms with Gasteiger partial charge >= 0.3 is 0 Å². The Kier molecular flexibility index (Phi) is 3.20. The van der Waals surface area contributed by atoms with Gasteiger partial charge in [-0.2, -0.15) is 9.97 Å². The van der Waals surface area contributed by atoms with E-state index < -0.39 is 0 Å². The molecule has 0 atom stereocenters. The van der Waals surface area contributed by atoms with Crippen LogP contribution in [-0.2, 0) is 6.54 Å². The van der Waals surface area contributed by atoms with Gasteiger partial charge in [-0.05, 0) is 5.56 Å². The minimum atomic E-state index is 0.300. The number of rotatable bonds is 3. The summed E-state index contributed by atoms with van der Waals surface area (Å²) >= 11 is 6.05. The summed E-state index contributed by atoms with van der Waals surface area (Å²) in [6, 6.07) is 9.99. The molecule has 0 bridgehead atoms. The van der Waals surface area contributed by atoms with Crippen LogP contribution in [0.1, 0.15) is 5.56 Å². The molecule has 5 nitrogen and oxygen atoms in total. The highest BCUT2D eigenvalue weighted by molar-refractivity contribution is 6.33. The third-order valence-electron chi connectivity index (χ3n) is 2.58. The van der Waals surface area contributed by atoms with Gasteiger partial charge in [-0.1, -0.05) is 41.9 Å². The lowest BCUT2D eigenvalue weighted by molar-refractivity contribution is 1.06. The molecule has 2 aromatic heterocycles. The molecule has 0 saturated heterocycles. The first-order valence-corrected chi connectivity index (χ1v) is 6.13. The summed E-state index contributed by atoms with van der Waals surface area (Å²) < 4.78 is 0. The number of halogens is 1. The maximum atomic E-state index is 6.05. The molecule has 0 fully saturated rings. The minimum absolute atomic E-state index is 0.300. The van der Waals surface area contributed by atoms with Crippen molar-refractivity contribution in [2.24, 2.45) is 0 Å². The van der Waals surface area contributed by atoms with Crippen LogP contribution in [-0.4, -0.2) is 19.9 Å². The van der Waals surface area contributed by atoms with Crippen molar-refractivity contribution in [1.82, 2.24) is 19.9 Å². The quantitative estimate of drug-likeness (QED) is 0.742. The fraction of sp³-hybridized carbons (Fsp3) is 0.0769. The van der Waals surface area contributed by atoms with Crippen LogP contribution >= 0.6 is 11.6 Å². The Morgan fingerprint density at radius 2 is 1.79 bits per heavy atom. The Morgan fingerprint density at radius 1 is 1.00 bits per heavy atom. The summed E-state index contributed by atoms with van der Waals surface area (Å²) in [4.78, 5) is 16.6. The zero-order valence-corrected chi connectivity index (χ0v) is 10.7. The molecule has 0 aliphatic rings. The molecular formula is C13H10ClN5. The molecule has 0 radical (unpaired) electrons. The van der Waals surface area contributed by atoms with Crippen LogP contribution in [0.3, 0.4) is 0 Å². The predicted octanol–water partition coefficient (Wildman–Crippen LogP) is 2.69. The van der Waals surface area contributed by atoms with Crippen molar-refractivity contribution < 1.29 is 0 Å². The van der Waals surface area contributed by atoms with E-state index in [2.05, 4.69) is 25.3 Å². The summed E-state index contributed by atoms with van der Waals surface area (Å²) in [5.74, 6) is 0.446. The van der Waals surface area contributed by atoms with Crippen LogP contribution in [0.5, 0.6) is 0 Å². The lowest BCUT2D eigenvalue weighted by atomic mass is 10.2. The Hall–Kier alpha value is -2.27. The Labute approximate surface area is 114 Å². The van der Waals surface area contributed by atoms with Crippen LogP contribution in [0.25, 0.3) is 11.2 Å². The van der Waals surface area contributed by atoms with Crippen LogP contribution in [0.2, 0.25) is 5.15 Å². The maximum absolute atomic E-state index is 6.05. The van der Waals surface area contributed by atoms with Crippen LogP contribution in [0.15, 0.2) is 42.7 Å². The van der Waals surface area contributed by atoms with Gasteiger partial charge in [0.2, 0.25) is 5.95 Å². The molecule has 0 saturated carbocycles. The van der Waals surface area contributed by atoms with Crippen molar-refractivity contribution in [3.8, 4) is 0 Å². The van der Waals surface area contributed by atoms with Gasteiger partial charge in [0.1, 0.15) is 5.52 Å². The van der Waals surface area contributed by atoms with Gasteiger partial charge in [0.05, 0.1) is 0 Å². The zero-order chi connectivity index (χ0) is 13.1. The number of nitrogens with one attached hydrogen (secondary N) is 1. The van der Waals surface area contributed by atoms with Gasteiger partial charge in [-0.3, -0.25) is 0 Å². The second-order valence-corrected chi connectivity index (χ2v) is 4.26. The van der Waals surface area contributed by atoms with E-state index in [9.17, 15) is 0 Å². The predicted molar refractivity (Wildman–Crippen MR) is 73.9 cm³/mol. The highest BCUT2D eigenvalue weighted by Gasteiger charge is 2.07. The number of hydrogen-bond donors (Lipinski definition) is 1. The first-order chi connectivity index (χ1) is 9.33. The summed E-state index contributed by atoms with van der Waals surface area (Å²) in [6.07, 6.45) is 3.14. The van der Waals surface area contributed by atoms with Gasteiger partial charge in [0, 0.05) is 18.9 Å². The molecular weight excluding hydrogens is 262 g/mol. The normalized spacial score (nSPS) is 10.6. The molecule has 1 N–H and O–H groups in total. The molecule has 0 aliphatic heterocycles. The van der Waals surface area contributed by atoms with E-state index >= 15 is 0 Å². The van der Waals surface area contributed by atoms with Gasteiger partial charge in [0.15, 0.2) is 10.8 Å². The van der Waals surface area contributed by atoms with Gasteiger partial charge in [-0.25, -0.2) is 9.97 Å². The zero-order valence-electron chi connectivity index (χ0n) is 9.92. The fourth-order valence-corrected chi connectivity index (χ4v) is 1.90. The van der Waals surface area contributed by atoms with Crippen molar-refractivity contribution in [2.75, 3.05) is 5.32 Å². The number of aromatic nitrogens is 4. The summed E-state index contributed by atoms with van der Waals surface area (Å²) in [7, 11) is 0. The van der Waals surface area contributed by atoms with Crippen molar-refractivity contribution in [1.29, 1.82) is 0 Å². The lowest BCUT2D eigenvalue weighted by Gasteiger charge is -2.06. The Morgan fingerprint density at radius 3 is 2.63 bits per heavy atom. The first-order valence-electron chi connectivity index (χ1n) is 5.75. The van der Waals surface area contributed by atoms with E-state index in [1.165, 1.54) is 0 Å². The number of benzene rings is 1. The smallest absolute Gasteiger partial charge is 0.226 e. The van der Waals surface area contributed by atoms with Crippen molar-refractivity contribution in [2.45, 2.75) is 6.54 Å². The van der Waals surface area contributed by atoms with Crippen molar-refractivity contribution in [3.05, 3.63) is 53.4 Å². The van der Waals surface area contributed by atoms with E-state index in [0.717, 1.165) is 5.56 Å². The highest BCUT2D eigenvalue weighted by atomic mass is 35.5. The van der Waals surface area contributed by atoms with Gasteiger partial charge < -0.3 is 5.32 Å². The van der Waals surface area contributed by atoms with E-state index in [-0.39, 0.29) is 0 Å². The maximum Gasteiger partial charge on any atom is 0.226 e. The summed E-state index contributed by atoms with van der Waals surface area (Å²) in [5, 5.41) is 3.42. The highest BCUT2D eigenvalue weighted by Crippen LogP contribution is 2.17. The molecule has 1 aromatic carbocycles. The summed E-state index contributed by atoms with van der Waals surface area (Å²) in [6.45, 7) is 0.628. The van der Waals surface area contributed by atoms with Crippen LogP contribution in [0, 0.1) is 0 Å². The topological polar surface area (TPSA) is 63.6 Å². The molecule has 19 heavy (non-hydrogen) atoms. The second-order valence-electron chi connectivity index (χ2n) is 3.91. The van der Waals surface area contributed by atoms with Crippen LogP contribution in [0.4, 0.5) is 5.95 Å². The first kappa shape index (κ1) is 11.8. The molecule has 6 heteroatoms. The lowest BCUT2D eigenvalue weighted by Crippen LogP contribution is -2.04. The average Bonchev–Trinajstić information content (AvgIpc) is 2.46. The largest absolute Gasteiger partial charge is 0.350 e. The Balaban J connectivity index is 1.85. The molecule has 3 rings (SSSR count).